The second-order valence-electron chi connectivity index (χ2n) is 4.35. The molecule has 0 heterocycles. The van der Waals surface area contributed by atoms with Crippen molar-refractivity contribution in [2.75, 3.05) is 19.6 Å². The Hall–Kier alpha value is -0.830. The molecule has 1 amide bonds. The summed E-state index contributed by atoms with van der Waals surface area (Å²) in [7, 11) is 0. The zero-order valence-corrected chi connectivity index (χ0v) is 10.7. The van der Waals surface area contributed by atoms with Crippen LogP contribution in [0.4, 0.5) is 0 Å². The van der Waals surface area contributed by atoms with E-state index in [0.717, 1.165) is 25.8 Å². The minimum atomic E-state index is 0.241. The Morgan fingerprint density at radius 3 is 2.69 bits per heavy atom. The lowest BCUT2D eigenvalue weighted by Crippen LogP contribution is -2.32. The van der Waals surface area contributed by atoms with Gasteiger partial charge >= 0.3 is 0 Å². The highest BCUT2D eigenvalue weighted by molar-refractivity contribution is 5.76. The zero-order chi connectivity index (χ0) is 12.4. The summed E-state index contributed by atoms with van der Waals surface area (Å²) in [5, 5.41) is 0. The van der Waals surface area contributed by atoms with Gasteiger partial charge in [-0.2, -0.15) is 0 Å². The van der Waals surface area contributed by atoms with Gasteiger partial charge in [0.15, 0.2) is 0 Å². The predicted molar refractivity (Wildman–Crippen MR) is 69.1 cm³/mol. The van der Waals surface area contributed by atoms with Gasteiger partial charge in [-0.1, -0.05) is 19.9 Å². The van der Waals surface area contributed by atoms with Crippen LogP contribution in [0, 0.1) is 5.92 Å². The Kier molecular flexibility index (Phi) is 8.91. The Balaban J connectivity index is 3.94. The molecule has 0 aliphatic rings. The molecular formula is C13H26N2O. The molecule has 0 aromatic carbocycles. The first-order valence-corrected chi connectivity index (χ1v) is 6.24. The smallest absolute Gasteiger partial charge is 0.222 e. The third-order valence-corrected chi connectivity index (χ3v) is 2.71. The minimum Gasteiger partial charge on any atom is -0.339 e. The minimum absolute atomic E-state index is 0.241. The monoisotopic (exact) mass is 226 g/mol. The molecule has 0 fully saturated rings. The number of rotatable bonds is 9. The van der Waals surface area contributed by atoms with Gasteiger partial charge in [-0.05, 0) is 31.7 Å². The maximum Gasteiger partial charge on any atom is 0.222 e. The van der Waals surface area contributed by atoms with Crippen molar-refractivity contribution in [2.45, 2.75) is 39.5 Å². The molecule has 0 rings (SSSR count). The van der Waals surface area contributed by atoms with Gasteiger partial charge in [-0.3, -0.25) is 4.79 Å². The fourth-order valence-corrected chi connectivity index (χ4v) is 1.70. The van der Waals surface area contributed by atoms with Crippen LogP contribution in [0.25, 0.3) is 0 Å². The van der Waals surface area contributed by atoms with Gasteiger partial charge in [0.2, 0.25) is 5.91 Å². The van der Waals surface area contributed by atoms with Crippen LogP contribution in [0.5, 0.6) is 0 Å². The molecule has 0 aromatic rings. The molecule has 1 unspecified atom stereocenters. The van der Waals surface area contributed by atoms with E-state index in [2.05, 4.69) is 20.4 Å². The summed E-state index contributed by atoms with van der Waals surface area (Å²) in [4.78, 5) is 13.8. The molecule has 3 heteroatoms. The number of hydrogen-bond donors (Lipinski definition) is 1. The number of nitrogens with two attached hydrogens (primary N) is 1. The third kappa shape index (κ3) is 6.62. The number of nitrogens with zero attached hydrogens (tertiary/aromatic N) is 1. The van der Waals surface area contributed by atoms with Crippen molar-refractivity contribution < 1.29 is 4.79 Å². The standard InChI is InChI=1S/C13H26N2O/c1-4-10-15(11-5-2)13(16)7-6-12(3)8-9-14/h4,12H,1,5-11,14H2,2-3H3. The zero-order valence-electron chi connectivity index (χ0n) is 10.7. The molecule has 1 atom stereocenters. The van der Waals surface area contributed by atoms with Crippen molar-refractivity contribution >= 4 is 5.91 Å². The largest absolute Gasteiger partial charge is 0.339 e. The van der Waals surface area contributed by atoms with E-state index < -0.39 is 0 Å². The summed E-state index contributed by atoms with van der Waals surface area (Å²) in [5.74, 6) is 0.784. The lowest BCUT2D eigenvalue weighted by Gasteiger charge is -2.21. The molecule has 2 N–H and O–H groups in total. The average molecular weight is 226 g/mol. The Labute approximate surface area is 99.7 Å². The third-order valence-electron chi connectivity index (χ3n) is 2.71. The van der Waals surface area contributed by atoms with Crippen LogP contribution in [0.1, 0.15) is 39.5 Å². The van der Waals surface area contributed by atoms with E-state index in [-0.39, 0.29) is 5.91 Å². The van der Waals surface area contributed by atoms with E-state index in [4.69, 9.17) is 5.73 Å². The molecule has 0 saturated heterocycles. The van der Waals surface area contributed by atoms with Gasteiger partial charge in [0, 0.05) is 19.5 Å². The summed E-state index contributed by atoms with van der Waals surface area (Å²) >= 11 is 0. The maximum atomic E-state index is 11.9. The van der Waals surface area contributed by atoms with Gasteiger partial charge in [-0.15, -0.1) is 6.58 Å². The molecule has 94 valence electrons. The Morgan fingerprint density at radius 1 is 1.50 bits per heavy atom. The molecule has 0 bridgehead atoms. The van der Waals surface area contributed by atoms with E-state index in [1.165, 1.54) is 0 Å². The fourth-order valence-electron chi connectivity index (χ4n) is 1.70. The lowest BCUT2D eigenvalue weighted by molar-refractivity contribution is -0.131. The average Bonchev–Trinajstić information content (AvgIpc) is 2.26. The first-order valence-electron chi connectivity index (χ1n) is 6.24. The topological polar surface area (TPSA) is 46.3 Å². The van der Waals surface area contributed by atoms with Crippen molar-refractivity contribution in [3.8, 4) is 0 Å². The molecule has 0 spiro atoms. The molecule has 3 nitrogen and oxygen atoms in total. The molecule has 0 saturated carbocycles. The summed E-state index contributed by atoms with van der Waals surface area (Å²) in [6, 6.07) is 0. The van der Waals surface area contributed by atoms with E-state index in [9.17, 15) is 4.79 Å². The van der Waals surface area contributed by atoms with Crippen molar-refractivity contribution in [1.82, 2.24) is 4.90 Å². The van der Waals surface area contributed by atoms with Gasteiger partial charge in [-0.25, -0.2) is 0 Å². The summed E-state index contributed by atoms with van der Waals surface area (Å²) in [6.45, 7) is 10.1. The van der Waals surface area contributed by atoms with Crippen molar-refractivity contribution in [1.29, 1.82) is 0 Å². The second-order valence-corrected chi connectivity index (χ2v) is 4.35. The van der Waals surface area contributed by atoms with Gasteiger partial charge in [0.1, 0.15) is 0 Å². The van der Waals surface area contributed by atoms with Crippen molar-refractivity contribution in [2.24, 2.45) is 11.7 Å². The molecule has 0 aliphatic carbocycles. The van der Waals surface area contributed by atoms with Crippen LogP contribution in [0.15, 0.2) is 12.7 Å². The first kappa shape index (κ1) is 15.2. The van der Waals surface area contributed by atoms with E-state index in [1.807, 2.05) is 4.90 Å². The Bertz CT molecular complexity index is 204. The number of amides is 1. The van der Waals surface area contributed by atoms with Crippen LogP contribution in [0.3, 0.4) is 0 Å². The van der Waals surface area contributed by atoms with E-state index >= 15 is 0 Å². The van der Waals surface area contributed by atoms with E-state index in [1.54, 1.807) is 6.08 Å². The van der Waals surface area contributed by atoms with Crippen LogP contribution in [-0.4, -0.2) is 30.4 Å². The highest BCUT2D eigenvalue weighted by Crippen LogP contribution is 2.10. The lowest BCUT2D eigenvalue weighted by atomic mass is 10.0. The summed E-state index contributed by atoms with van der Waals surface area (Å²) < 4.78 is 0. The second kappa shape index (κ2) is 9.40. The highest BCUT2D eigenvalue weighted by atomic mass is 16.2. The first-order chi connectivity index (χ1) is 7.65. The number of carbonyl (C=O) groups is 1. The van der Waals surface area contributed by atoms with Gasteiger partial charge < -0.3 is 10.6 Å². The molecule has 0 aromatic heterocycles. The van der Waals surface area contributed by atoms with Crippen LogP contribution in [-0.2, 0) is 4.79 Å². The molecule has 16 heavy (non-hydrogen) atoms. The SMILES string of the molecule is C=CCN(CCC)C(=O)CCC(C)CCN. The van der Waals surface area contributed by atoms with Gasteiger partial charge in [0.25, 0.3) is 0 Å². The van der Waals surface area contributed by atoms with Crippen molar-refractivity contribution in [3.63, 3.8) is 0 Å². The molecular weight excluding hydrogens is 200 g/mol. The maximum absolute atomic E-state index is 11.9. The highest BCUT2D eigenvalue weighted by Gasteiger charge is 2.12. The summed E-state index contributed by atoms with van der Waals surface area (Å²) in [6.07, 6.45) is 5.36. The Morgan fingerprint density at radius 2 is 2.19 bits per heavy atom. The number of hydrogen-bond acceptors (Lipinski definition) is 2. The fraction of sp³-hybridized carbons (Fsp3) is 0.769. The molecule has 0 radical (unpaired) electrons. The molecule has 0 aliphatic heterocycles. The normalized spacial score (nSPS) is 12.2. The summed E-state index contributed by atoms with van der Waals surface area (Å²) in [5.41, 5.74) is 5.48. The quantitative estimate of drug-likeness (QED) is 0.612. The van der Waals surface area contributed by atoms with Crippen LogP contribution < -0.4 is 5.73 Å². The predicted octanol–water partition coefficient (Wildman–Crippen LogP) is 2.18. The van der Waals surface area contributed by atoms with Gasteiger partial charge in [0.05, 0.1) is 0 Å². The van der Waals surface area contributed by atoms with E-state index in [0.29, 0.717) is 25.4 Å². The van der Waals surface area contributed by atoms with Crippen molar-refractivity contribution in [3.05, 3.63) is 12.7 Å². The van der Waals surface area contributed by atoms with Crippen LogP contribution in [0.2, 0.25) is 0 Å². The van der Waals surface area contributed by atoms with Crippen LogP contribution >= 0.6 is 0 Å². The number of carbonyl (C=O) groups excluding carboxylic acids is 1.